The molecule has 21 heavy (non-hydrogen) atoms. The largest absolute Gasteiger partial charge is 0.346 e. The van der Waals surface area contributed by atoms with Gasteiger partial charge < -0.3 is 16.4 Å². The molecule has 7 nitrogen and oxygen atoms in total. The third-order valence-corrected chi connectivity index (χ3v) is 3.22. The molecule has 0 bridgehead atoms. The van der Waals surface area contributed by atoms with E-state index in [1.54, 1.807) is 11.7 Å². The van der Waals surface area contributed by atoms with Crippen LogP contribution in [0.25, 0.3) is 0 Å². The number of aromatic nitrogens is 2. The molecule has 1 aromatic heterocycles. The summed E-state index contributed by atoms with van der Waals surface area (Å²) in [5.41, 5.74) is 7.46. The zero-order chi connectivity index (χ0) is 15.4. The fourth-order valence-electron chi connectivity index (χ4n) is 1.70. The summed E-state index contributed by atoms with van der Waals surface area (Å²) in [5, 5.41) is 9.46. The summed E-state index contributed by atoms with van der Waals surface area (Å²) >= 11 is 0. The number of carbonyl (C=O) groups excluding carboxylic acids is 2. The zero-order valence-corrected chi connectivity index (χ0v) is 13.9. The third kappa shape index (κ3) is 5.02. The number of anilines is 1. The summed E-state index contributed by atoms with van der Waals surface area (Å²) in [6.45, 7) is 7.35. The number of aryl methyl sites for hydroxylation is 2. The first-order valence-corrected chi connectivity index (χ1v) is 6.57. The van der Waals surface area contributed by atoms with Crippen molar-refractivity contribution in [3.8, 4) is 0 Å². The molecule has 0 aromatic carbocycles. The average molecular weight is 318 g/mol. The maximum Gasteiger partial charge on any atom is 0.244 e. The Hall–Kier alpha value is -1.60. The number of nitrogens with zero attached hydrogens (tertiary/aromatic N) is 2. The van der Waals surface area contributed by atoms with E-state index < -0.39 is 6.04 Å². The van der Waals surface area contributed by atoms with E-state index in [9.17, 15) is 9.59 Å². The lowest BCUT2D eigenvalue weighted by Gasteiger charge is -2.15. The van der Waals surface area contributed by atoms with E-state index in [-0.39, 0.29) is 36.7 Å². The summed E-state index contributed by atoms with van der Waals surface area (Å²) in [4.78, 5) is 23.5. The van der Waals surface area contributed by atoms with E-state index in [4.69, 9.17) is 5.73 Å². The van der Waals surface area contributed by atoms with Gasteiger partial charge in [0.2, 0.25) is 11.8 Å². The van der Waals surface area contributed by atoms with Crippen LogP contribution < -0.4 is 16.4 Å². The fraction of sp³-hybridized carbons (Fsp3) is 0.615. The van der Waals surface area contributed by atoms with E-state index >= 15 is 0 Å². The van der Waals surface area contributed by atoms with Gasteiger partial charge in [0.05, 0.1) is 18.3 Å². The second-order valence-corrected chi connectivity index (χ2v) is 5.22. The number of amides is 2. The highest BCUT2D eigenvalue weighted by atomic mass is 35.5. The molecular formula is C13H24ClN5O2. The Labute approximate surface area is 131 Å². The Morgan fingerprint density at radius 2 is 1.90 bits per heavy atom. The van der Waals surface area contributed by atoms with Crippen LogP contribution in [0.5, 0.6) is 0 Å². The molecule has 0 aliphatic rings. The molecule has 4 N–H and O–H groups in total. The molecule has 0 unspecified atom stereocenters. The van der Waals surface area contributed by atoms with Crippen molar-refractivity contribution in [2.45, 2.75) is 33.7 Å². The highest BCUT2D eigenvalue weighted by molar-refractivity contribution is 5.95. The van der Waals surface area contributed by atoms with Gasteiger partial charge in [-0.25, -0.2) is 0 Å². The minimum absolute atomic E-state index is 0. The van der Waals surface area contributed by atoms with Crippen molar-refractivity contribution in [2.24, 2.45) is 18.7 Å². The van der Waals surface area contributed by atoms with E-state index in [1.165, 1.54) is 0 Å². The molecule has 1 atom stereocenters. The molecule has 0 saturated heterocycles. The number of nitrogens with one attached hydrogen (secondary N) is 2. The van der Waals surface area contributed by atoms with E-state index in [1.807, 2.05) is 27.7 Å². The fourth-order valence-corrected chi connectivity index (χ4v) is 1.70. The average Bonchev–Trinajstić information content (AvgIpc) is 2.61. The molecule has 0 radical (unpaired) electrons. The van der Waals surface area contributed by atoms with Crippen LogP contribution in [0.4, 0.5) is 5.82 Å². The molecule has 8 heteroatoms. The van der Waals surface area contributed by atoms with Crippen LogP contribution in [-0.2, 0) is 16.6 Å². The van der Waals surface area contributed by atoms with Crippen LogP contribution in [0.2, 0.25) is 0 Å². The topological polar surface area (TPSA) is 102 Å². The van der Waals surface area contributed by atoms with Crippen molar-refractivity contribution in [3.05, 3.63) is 11.3 Å². The molecule has 0 aliphatic carbocycles. The van der Waals surface area contributed by atoms with Gasteiger partial charge in [-0.3, -0.25) is 14.3 Å². The Morgan fingerprint density at radius 1 is 1.33 bits per heavy atom. The normalized spacial score (nSPS) is 11.8. The lowest BCUT2D eigenvalue weighted by atomic mass is 10.1. The summed E-state index contributed by atoms with van der Waals surface area (Å²) in [7, 11) is 1.75. The smallest absolute Gasteiger partial charge is 0.244 e. The lowest BCUT2D eigenvalue weighted by Crippen LogP contribution is -2.46. The molecule has 0 spiro atoms. The molecule has 2 amide bonds. The monoisotopic (exact) mass is 317 g/mol. The number of nitrogens with two attached hydrogens (primary N) is 1. The van der Waals surface area contributed by atoms with Crippen molar-refractivity contribution in [1.82, 2.24) is 15.1 Å². The molecular weight excluding hydrogens is 294 g/mol. The van der Waals surface area contributed by atoms with Crippen LogP contribution in [0.3, 0.4) is 0 Å². The summed E-state index contributed by atoms with van der Waals surface area (Å²) in [5.74, 6) is 0.0309. The second kappa shape index (κ2) is 7.99. The number of rotatable bonds is 5. The highest BCUT2D eigenvalue weighted by Gasteiger charge is 2.18. The molecule has 1 heterocycles. The van der Waals surface area contributed by atoms with E-state index in [0.29, 0.717) is 5.82 Å². The van der Waals surface area contributed by atoms with Gasteiger partial charge in [-0.15, -0.1) is 12.4 Å². The van der Waals surface area contributed by atoms with Gasteiger partial charge in [-0.2, -0.15) is 5.10 Å². The Bertz CT molecular complexity index is 513. The van der Waals surface area contributed by atoms with E-state index in [0.717, 1.165) is 11.3 Å². The first-order chi connectivity index (χ1) is 9.23. The zero-order valence-electron chi connectivity index (χ0n) is 13.1. The summed E-state index contributed by atoms with van der Waals surface area (Å²) < 4.78 is 1.60. The van der Waals surface area contributed by atoms with Gasteiger partial charge >= 0.3 is 0 Å². The van der Waals surface area contributed by atoms with Gasteiger partial charge in [-0.1, -0.05) is 13.8 Å². The highest BCUT2D eigenvalue weighted by Crippen LogP contribution is 2.16. The minimum Gasteiger partial charge on any atom is -0.346 e. The predicted molar refractivity (Wildman–Crippen MR) is 84.4 cm³/mol. The predicted octanol–water partition coefficient (Wildman–Crippen LogP) is 0.497. The maximum atomic E-state index is 11.8. The molecule has 120 valence electrons. The summed E-state index contributed by atoms with van der Waals surface area (Å²) in [6.07, 6.45) is 0. The first kappa shape index (κ1) is 19.4. The Morgan fingerprint density at radius 3 is 2.33 bits per heavy atom. The number of hydrogen-bond donors (Lipinski definition) is 3. The van der Waals surface area contributed by atoms with E-state index in [2.05, 4.69) is 15.7 Å². The van der Waals surface area contributed by atoms with Gasteiger partial charge in [0.1, 0.15) is 5.82 Å². The Kier molecular flexibility index (Phi) is 7.38. The van der Waals surface area contributed by atoms with Crippen molar-refractivity contribution in [3.63, 3.8) is 0 Å². The van der Waals surface area contributed by atoms with Crippen LogP contribution in [0.1, 0.15) is 25.1 Å². The Balaban J connectivity index is 0.00000400. The number of hydrogen-bond acceptors (Lipinski definition) is 4. The number of carbonyl (C=O) groups is 2. The first-order valence-electron chi connectivity index (χ1n) is 6.57. The SMILES string of the molecule is Cc1nn(C)c(NC(=O)CNC(=O)[C@@H](N)C(C)C)c1C.Cl. The van der Waals surface area contributed by atoms with Gasteiger partial charge in [-0.05, 0) is 19.8 Å². The van der Waals surface area contributed by atoms with Crippen molar-refractivity contribution < 1.29 is 9.59 Å². The number of halogens is 1. The van der Waals surface area contributed by atoms with Gasteiger partial charge in [0.15, 0.2) is 0 Å². The molecule has 0 fully saturated rings. The van der Waals surface area contributed by atoms with Crippen LogP contribution in [0.15, 0.2) is 0 Å². The standard InChI is InChI=1S/C13H23N5O2.ClH/c1-7(2)11(14)13(20)15-6-10(19)16-12-8(3)9(4)17-18(12)5;/h7,11H,6,14H2,1-5H3,(H,15,20)(H,16,19);1H/t11-;/m0./s1. The molecule has 1 rings (SSSR count). The molecule has 0 saturated carbocycles. The van der Waals surface area contributed by atoms with Crippen LogP contribution >= 0.6 is 12.4 Å². The van der Waals surface area contributed by atoms with Crippen molar-refractivity contribution >= 4 is 30.0 Å². The van der Waals surface area contributed by atoms with Crippen LogP contribution in [0, 0.1) is 19.8 Å². The third-order valence-electron chi connectivity index (χ3n) is 3.22. The lowest BCUT2D eigenvalue weighted by molar-refractivity contribution is -0.125. The van der Waals surface area contributed by atoms with Crippen molar-refractivity contribution in [2.75, 3.05) is 11.9 Å². The minimum atomic E-state index is -0.608. The van der Waals surface area contributed by atoms with Crippen LogP contribution in [-0.4, -0.2) is 34.2 Å². The summed E-state index contributed by atoms with van der Waals surface area (Å²) in [6, 6.07) is -0.608. The maximum absolute atomic E-state index is 11.8. The molecule has 1 aromatic rings. The second-order valence-electron chi connectivity index (χ2n) is 5.22. The quantitative estimate of drug-likeness (QED) is 0.735. The van der Waals surface area contributed by atoms with Crippen molar-refractivity contribution in [1.29, 1.82) is 0 Å². The van der Waals surface area contributed by atoms with Gasteiger partial charge in [0, 0.05) is 12.6 Å². The van der Waals surface area contributed by atoms with Gasteiger partial charge in [0.25, 0.3) is 0 Å². The molecule has 0 aliphatic heterocycles.